The summed E-state index contributed by atoms with van der Waals surface area (Å²) in [5, 5.41) is 11.2. The highest BCUT2D eigenvalue weighted by Crippen LogP contribution is 2.41. The summed E-state index contributed by atoms with van der Waals surface area (Å²) < 4.78 is 6.41. The number of nitrogens with zero attached hydrogens (tertiary/aromatic N) is 2. The monoisotopic (exact) mass is 506 g/mol. The van der Waals surface area contributed by atoms with Crippen LogP contribution >= 0.6 is 15.9 Å². The SMILES string of the molecule is CCCOc1ccc(/C(O)=C2\C(=O)C(=O)N(Cc3cccnc3)C2c2cccc(Br)c2)cc1. The summed E-state index contributed by atoms with van der Waals surface area (Å²) in [5.74, 6) is -0.913. The van der Waals surface area contributed by atoms with E-state index < -0.39 is 17.7 Å². The van der Waals surface area contributed by atoms with Crippen molar-refractivity contribution in [3.05, 3.63) is 99.8 Å². The average molecular weight is 507 g/mol. The molecule has 1 fully saturated rings. The summed E-state index contributed by atoms with van der Waals surface area (Å²) in [6.45, 7) is 2.80. The van der Waals surface area contributed by atoms with Gasteiger partial charge in [0, 0.05) is 29.0 Å². The smallest absolute Gasteiger partial charge is 0.295 e. The molecule has 0 spiro atoms. The number of hydrogen-bond acceptors (Lipinski definition) is 5. The van der Waals surface area contributed by atoms with Gasteiger partial charge in [-0.05, 0) is 60.0 Å². The molecule has 2 aromatic carbocycles. The van der Waals surface area contributed by atoms with Gasteiger partial charge in [-0.2, -0.15) is 0 Å². The molecule has 1 N–H and O–H groups in total. The number of rotatable bonds is 7. The minimum atomic E-state index is -0.737. The second kappa shape index (κ2) is 10.0. The van der Waals surface area contributed by atoms with Crippen LogP contribution < -0.4 is 4.74 Å². The highest BCUT2D eigenvalue weighted by atomic mass is 79.9. The lowest BCUT2D eigenvalue weighted by molar-refractivity contribution is -0.140. The van der Waals surface area contributed by atoms with Crippen LogP contribution in [0.4, 0.5) is 0 Å². The molecule has 6 nitrogen and oxygen atoms in total. The number of Topliss-reactive ketones (excluding diaryl/α,β-unsaturated/α-hetero) is 1. The highest BCUT2D eigenvalue weighted by molar-refractivity contribution is 9.10. The molecular formula is C26H23BrN2O4. The molecule has 1 aliphatic rings. The summed E-state index contributed by atoms with van der Waals surface area (Å²) in [4.78, 5) is 31.8. The number of benzene rings is 2. The number of amides is 1. The van der Waals surface area contributed by atoms with Crippen LogP contribution in [-0.4, -0.2) is 33.3 Å². The minimum absolute atomic E-state index is 0.0595. The number of halogens is 1. The first-order valence-electron chi connectivity index (χ1n) is 10.7. The standard InChI is InChI=1S/C26H23BrN2O4/c1-2-13-33-21-10-8-18(9-11-21)24(30)22-23(19-6-3-7-20(27)14-19)29(26(32)25(22)31)16-17-5-4-12-28-15-17/h3-12,14-15,23,30H,2,13,16H2,1H3/b24-22+. The van der Waals surface area contributed by atoms with Crippen LogP contribution in [-0.2, 0) is 16.1 Å². The first-order chi connectivity index (χ1) is 16.0. The third-order valence-corrected chi connectivity index (χ3v) is 5.87. The van der Waals surface area contributed by atoms with Crippen LogP contribution in [0.15, 0.2) is 83.1 Å². The number of ketones is 1. The Labute approximate surface area is 200 Å². The Morgan fingerprint density at radius 1 is 1.12 bits per heavy atom. The van der Waals surface area contributed by atoms with Gasteiger partial charge in [0.15, 0.2) is 0 Å². The number of carbonyl (C=O) groups is 2. The number of pyridine rings is 1. The maximum Gasteiger partial charge on any atom is 0.295 e. The van der Waals surface area contributed by atoms with Crippen LogP contribution in [0.5, 0.6) is 5.75 Å². The summed E-state index contributed by atoms with van der Waals surface area (Å²) in [6, 6.07) is 17.1. The van der Waals surface area contributed by atoms with E-state index in [9.17, 15) is 14.7 Å². The first kappa shape index (κ1) is 22.7. The van der Waals surface area contributed by atoms with Gasteiger partial charge >= 0.3 is 0 Å². The van der Waals surface area contributed by atoms with Gasteiger partial charge in [-0.3, -0.25) is 14.6 Å². The first-order valence-corrected chi connectivity index (χ1v) is 11.4. The number of ether oxygens (including phenoxy) is 1. The second-order valence-corrected chi connectivity index (χ2v) is 8.63. The van der Waals surface area contributed by atoms with Gasteiger partial charge in [0.05, 0.1) is 18.2 Å². The van der Waals surface area contributed by atoms with Crippen molar-refractivity contribution in [1.82, 2.24) is 9.88 Å². The van der Waals surface area contributed by atoms with Gasteiger partial charge in [0.1, 0.15) is 11.5 Å². The van der Waals surface area contributed by atoms with E-state index in [1.165, 1.54) is 4.90 Å². The molecule has 1 atom stereocenters. The number of aromatic nitrogens is 1. The number of aliphatic hydroxyl groups is 1. The van der Waals surface area contributed by atoms with Crippen molar-refractivity contribution in [2.45, 2.75) is 25.9 Å². The van der Waals surface area contributed by atoms with Crippen molar-refractivity contribution in [3.63, 3.8) is 0 Å². The molecule has 4 rings (SSSR count). The third-order valence-electron chi connectivity index (χ3n) is 5.38. The van der Waals surface area contributed by atoms with Crippen LogP contribution in [0.2, 0.25) is 0 Å². The van der Waals surface area contributed by atoms with Gasteiger partial charge in [0.2, 0.25) is 0 Å². The zero-order valence-corrected chi connectivity index (χ0v) is 19.7. The Kier molecular flexibility index (Phi) is 6.89. The zero-order valence-electron chi connectivity index (χ0n) is 18.1. The second-order valence-electron chi connectivity index (χ2n) is 7.72. The van der Waals surface area contributed by atoms with Crippen molar-refractivity contribution in [3.8, 4) is 5.75 Å². The van der Waals surface area contributed by atoms with Crippen LogP contribution in [0.3, 0.4) is 0 Å². The molecule has 0 saturated carbocycles. The van der Waals surface area contributed by atoms with E-state index in [1.54, 1.807) is 42.7 Å². The largest absolute Gasteiger partial charge is 0.507 e. The third kappa shape index (κ3) is 4.83. The van der Waals surface area contributed by atoms with E-state index in [2.05, 4.69) is 20.9 Å². The molecule has 1 aliphatic heterocycles. The van der Waals surface area contributed by atoms with E-state index in [4.69, 9.17) is 4.74 Å². The minimum Gasteiger partial charge on any atom is -0.507 e. The van der Waals surface area contributed by atoms with E-state index in [0.717, 1.165) is 22.0 Å². The molecule has 1 aromatic heterocycles. The fourth-order valence-electron chi connectivity index (χ4n) is 3.84. The van der Waals surface area contributed by atoms with Crippen LogP contribution in [0.1, 0.15) is 36.1 Å². The van der Waals surface area contributed by atoms with Crippen molar-refractivity contribution < 1.29 is 19.4 Å². The van der Waals surface area contributed by atoms with Gasteiger partial charge < -0.3 is 14.7 Å². The maximum absolute atomic E-state index is 13.1. The van der Waals surface area contributed by atoms with Crippen LogP contribution in [0.25, 0.3) is 5.76 Å². The lowest BCUT2D eigenvalue weighted by Gasteiger charge is -2.25. The van der Waals surface area contributed by atoms with Crippen molar-refractivity contribution in [2.75, 3.05) is 6.61 Å². The zero-order chi connectivity index (χ0) is 23.4. The number of likely N-dealkylation sites (tertiary alicyclic amines) is 1. The normalized spacial score (nSPS) is 17.4. The molecule has 1 unspecified atom stereocenters. The lowest BCUT2D eigenvalue weighted by Crippen LogP contribution is -2.29. The van der Waals surface area contributed by atoms with Crippen LogP contribution in [0, 0.1) is 0 Å². The van der Waals surface area contributed by atoms with Gasteiger partial charge in [-0.1, -0.05) is 41.1 Å². The fraction of sp³-hybridized carbons (Fsp3) is 0.192. The molecule has 2 heterocycles. The molecule has 0 aliphatic carbocycles. The molecule has 7 heteroatoms. The number of carbonyl (C=O) groups excluding carboxylic acids is 2. The summed E-state index contributed by atoms with van der Waals surface area (Å²) in [5.41, 5.74) is 2.01. The Balaban J connectivity index is 1.79. The highest BCUT2D eigenvalue weighted by Gasteiger charge is 2.46. The van der Waals surface area contributed by atoms with E-state index >= 15 is 0 Å². The van der Waals surface area contributed by atoms with Crippen molar-refractivity contribution >= 4 is 33.4 Å². The summed E-state index contributed by atoms with van der Waals surface area (Å²) in [6.07, 6.45) is 4.19. The molecule has 1 amide bonds. The number of hydrogen-bond donors (Lipinski definition) is 1. The molecule has 33 heavy (non-hydrogen) atoms. The molecule has 3 aromatic rings. The summed E-state index contributed by atoms with van der Waals surface area (Å²) in [7, 11) is 0. The predicted octanol–water partition coefficient (Wildman–Crippen LogP) is 5.25. The molecule has 0 radical (unpaired) electrons. The molecule has 168 valence electrons. The van der Waals surface area contributed by atoms with E-state index in [-0.39, 0.29) is 17.9 Å². The lowest BCUT2D eigenvalue weighted by atomic mass is 9.95. The van der Waals surface area contributed by atoms with Gasteiger partial charge in [0.25, 0.3) is 11.7 Å². The fourth-order valence-corrected chi connectivity index (χ4v) is 4.26. The van der Waals surface area contributed by atoms with Crippen molar-refractivity contribution in [1.29, 1.82) is 0 Å². The van der Waals surface area contributed by atoms with Gasteiger partial charge in [-0.25, -0.2) is 0 Å². The Hall–Kier alpha value is -3.45. The predicted molar refractivity (Wildman–Crippen MR) is 128 cm³/mol. The molecule has 0 bridgehead atoms. The van der Waals surface area contributed by atoms with Gasteiger partial charge in [-0.15, -0.1) is 0 Å². The maximum atomic E-state index is 13.1. The Morgan fingerprint density at radius 2 is 1.91 bits per heavy atom. The van der Waals surface area contributed by atoms with E-state index in [0.29, 0.717) is 17.9 Å². The summed E-state index contributed by atoms with van der Waals surface area (Å²) >= 11 is 3.47. The average Bonchev–Trinajstić information content (AvgIpc) is 3.08. The molecular weight excluding hydrogens is 484 g/mol. The van der Waals surface area contributed by atoms with E-state index in [1.807, 2.05) is 37.3 Å². The quantitative estimate of drug-likeness (QED) is 0.268. The Morgan fingerprint density at radius 3 is 2.58 bits per heavy atom. The van der Waals surface area contributed by atoms with Crippen molar-refractivity contribution in [2.24, 2.45) is 0 Å². The molecule has 1 saturated heterocycles. The Bertz CT molecular complexity index is 1190. The number of aliphatic hydroxyl groups excluding tert-OH is 1. The topological polar surface area (TPSA) is 79.7 Å².